The van der Waals surface area contributed by atoms with Crippen molar-refractivity contribution in [3.63, 3.8) is 0 Å². The average Bonchev–Trinajstić information content (AvgIpc) is 2.79. The Morgan fingerprint density at radius 1 is 1.18 bits per heavy atom. The summed E-state index contributed by atoms with van der Waals surface area (Å²) < 4.78 is 24.7. The van der Waals surface area contributed by atoms with Gasteiger partial charge in [-0.2, -0.15) is 4.98 Å². The number of sulfone groups is 1. The quantitative estimate of drug-likeness (QED) is 0.374. The number of aromatic amines is 1. The number of anilines is 2. The molecule has 0 saturated heterocycles. The van der Waals surface area contributed by atoms with E-state index in [4.69, 9.17) is 17.3 Å². The molecule has 0 fully saturated rings. The lowest BCUT2D eigenvalue weighted by Crippen LogP contribution is -2.17. The molecule has 4 rings (SSSR count). The normalized spacial score (nSPS) is 12.6. The third-order valence-corrected chi connectivity index (χ3v) is 7.40. The van der Waals surface area contributed by atoms with Crippen molar-refractivity contribution in [1.82, 2.24) is 15.0 Å². The Balaban J connectivity index is 1.75. The summed E-state index contributed by atoms with van der Waals surface area (Å²) in [7, 11) is -3.38. The van der Waals surface area contributed by atoms with Crippen LogP contribution in [0.3, 0.4) is 0 Å². The maximum Gasteiger partial charge on any atom is 0.257 e. The van der Waals surface area contributed by atoms with Crippen molar-refractivity contribution in [2.45, 2.75) is 24.8 Å². The number of aromatic nitrogens is 3. The number of hydrogen-bond acceptors (Lipinski definition) is 7. The summed E-state index contributed by atoms with van der Waals surface area (Å²) in [5.41, 5.74) is 7.36. The number of fused-ring (bicyclic) bond motifs is 1. The Morgan fingerprint density at radius 3 is 2.70 bits per heavy atom. The van der Waals surface area contributed by atoms with Crippen LogP contribution < -0.4 is 16.6 Å². The van der Waals surface area contributed by atoms with E-state index in [0.29, 0.717) is 33.0 Å². The molecule has 2 heterocycles. The second kappa shape index (κ2) is 8.84. The van der Waals surface area contributed by atoms with Crippen molar-refractivity contribution in [2.75, 3.05) is 16.8 Å². The number of hydrogen-bond donors (Lipinski definition) is 3. The standard InChI is InChI=1S/C23H22ClN5O3S/c1-3-33(31,32)16-8-4-6-14(10-16)17-12-26-23(25)29-21(17)27-13(2)19-11-15-7-5-9-18(24)20(15)22(30)28-19/h4-13H,3H2,1-2H3,(H,28,30)(H3,25,26,27,29)/t13-/m0/s1. The smallest absolute Gasteiger partial charge is 0.257 e. The SMILES string of the molecule is CCS(=O)(=O)c1cccc(-c2cnc(N)nc2N[C@@H](C)c2cc3cccc(Cl)c3c(=O)[nH]2)c1. The minimum Gasteiger partial charge on any atom is -0.368 e. The molecule has 4 N–H and O–H groups in total. The van der Waals surface area contributed by atoms with E-state index in [1.54, 1.807) is 43.3 Å². The molecule has 0 unspecified atom stereocenters. The molecule has 0 spiro atoms. The van der Waals surface area contributed by atoms with Crippen LogP contribution in [0.25, 0.3) is 21.9 Å². The fourth-order valence-corrected chi connectivity index (χ4v) is 4.75. The molecule has 33 heavy (non-hydrogen) atoms. The molecule has 10 heteroatoms. The Bertz CT molecular complexity index is 1520. The fraction of sp³-hybridized carbons (Fsp3) is 0.174. The van der Waals surface area contributed by atoms with Gasteiger partial charge in [-0.1, -0.05) is 42.8 Å². The molecule has 0 amide bonds. The first-order valence-electron chi connectivity index (χ1n) is 10.2. The molecule has 0 bridgehead atoms. The molecule has 4 aromatic rings. The zero-order valence-corrected chi connectivity index (χ0v) is 19.5. The van der Waals surface area contributed by atoms with E-state index in [0.717, 1.165) is 5.39 Å². The minimum absolute atomic E-state index is 0.00379. The average molecular weight is 484 g/mol. The van der Waals surface area contributed by atoms with Gasteiger partial charge in [0.1, 0.15) is 5.82 Å². The van der Waals surface area contributed by atoms with Gasteiger partial charge in [0, 0.05) is 17.5 Å². The molecule has 170 valence electrons. The van der Waals surface area contributed by atoms with Gasteiger partial charge < -0.3 is 16.0 Å². The molecule has 0 aliphatic rings. The van der Waals surface area contributed by atoms with Gasteiger partial charge in [-0.05, 0) is 42.1 Å². The lowest BCUT2D eigenvalue weighted by Gasteiger charge is -2.18. The van der Waals surface area contributed by atoms with E-state index >= 15 is 0 Å². The summed E-state index contributed by atoms with van der Waals surface area (Å²) in [5, 5.41) is 4.79. The van der Waals surface area contributed by atoms with Gasteiger partial charge >= 0.3 is 0 Å². The number of halogens is 1. The van der Waals surface area contributed by atoms with Crippen LogP contribution in [0.5, 0.6) is 0 Å². The third-order valence-electron chi connectivity index (χ3n) is 5.35. The summed E-state index contributed by atoms with van der Waals surface area (Å²) in [6, 6.07) is 13.3. The van der Waals surface area contributed by atoms with Crippen LogP contribution in [-0.2, 0) is 9.84 Å². The Hall–Kier alpha value is -3.43. The largest absolute Gasteiger partial charge is 0.368 e. The van der Waals surface area contributed by atoms with E-state index in [1.165, 1.54) is 6.20 Å². The van der Waals surface area contributed by atoms with Crippen LogP contribution in [0.2, 0.25) is 5.02 Å². The van der Waals surface area contributed by atoms with E-state index in [1.807, 2.05) is 19.1 Å². The van der Waals surface area contributed by atoms with E-state index in [2.05, 4.69) is 20.3 Å². The molecule has 2 aromatic heterocycles. The zero-order chi connectivity index (χ0) is 23.8. The van der Waals surface area contributed by atoms with Crippen molar-refractivity contribution in [3.05, 3.63) is 75.8 Å². The number of benzene rings is 2. The van der Waals surface area contributed by atoms with Crippen LogP contribution in [0.4, 0.5) is 11.8 Å². The fourth-order valence-electron chi connectivity index (χ4n) is 3.55. The number of pyridine rings is 1. The van der Waals surface area contributed by atoms with E-state index in [9.17, 15) is 13.2 Å². The van der Waals surface area contributed by atoms with Crippen LogP contribution in [0, 0.1) is 0 Å². The van der Waals surface area contributed by atoms with Gasteiger partial charge in [0.05, 0.1) is 27.1 Å². The van der Waals surface area contributed by atoms with Crippen LogP contribution >= 0.6 is 11.6 Å². The molecule has 1 atom stereocenters. The van der Waals surface area contributed by atoms with Gasteiger partial charge in [0.25, 0.3) is 5.56 Å². The lowest BCUT2D eigenvalue weighted by molar-refractivity contribution is 0.597. The number of H-pyrrole nitrogens is 1. The van der Waals surface area contributed by atoms with Crippen LogP contribution in [0.15, 0.2) is 64.4 Å². The molecule has 8 nitrogen and oxygen atoms in total. The maximum absolute atomic E-state index is 12.6. The molecule has 0 aliphatic heterocycles. The monoisotopic (exact) mass is 483 g/mol. The Morgan fingerprint density at radius 2 is 1.94 bits per heavy atom. The first kappa shape index (κ1) is 22.8. The van der Waals surface area contributed by atoms with Gasteiger partial charge in [0.2, 0.25) is 5.95 Å². The predicted molar refractivity (Wildman–Crippen MR) is 131 cm³/mol. The van der Waals surface area contributed by atoms with Gasteiger partial charge in [-0.3, -0.25) is 4.79 Å². The van der Waals surface area contributed by atoms with Crippen LogP contribution in [0.1, 0.15) is 25.6 Å². The number of nitrogens with two attached hydrogens (primary N) is 1. The third kappa shape index (κ3) is 4.55. The molecular formula is C23H22ClN5O3S. The highest BCUT2D eigenvalue weighted by Crippen LogP contribution is 2.31. The summed E-state index contributed by atoms with van der Waals surface area (Å²) in [5.74, 6) is 0.466. The highest BCUT2D eigenvalue weighted by Gasteiger charge is 2.17. The molecule has 0 saturated carbocycles. The first-order valence-corrected chi connectivity index (χ1v) is 12.3. The first-order chi connectivity index (χ1) is 15.7. The van der Waals surface area contributed by atoms with Crippen LogP contribution in [-0.4, -0.2) is 29.1 Å². The summed E-state index contributed by atoms with van der Waals surface area (Å²) >= 11 is 6.18. The number of nitrogen functional groups attached to an aromatic ring is 1. The van der Waals surface area contributed by atoms with Crippen molar-refractivity contribution >= 4 is 44.0 Å². The summed E-state index contributed by atoms with van der Waals surface area (Å²) in [6.07, 6.45) is 1.54. The second-order valence-electron chi connectivity index (χ2n) is 7.55. The van der Waals surface area contributed by atoms with Crippen molar-refractivity contribution in [1.29, 1.82) is 0 Å². The predicted octanol–water partition coefficient (Wildman–Crippen LogP) is 4.19. The van der Waals surface area contributed by atoms with Gasteiger partial charge in [-0.25, -0.2) is 13.4 Å². The topological polar surface area (TPSA) is 131 Å². The van der Waals surface area contributed by atoms with Crippen molar-refractivity contribution in [2.24, 2.45) is 0 Å². The number of rotatable bonds is 6. The molecule has 2 aromatic carbocycles. The van der Waals surface area contributed by atoms with Gasteiger partial charge in [-0.15, -0.1) is 0 Å². The highest BCUT2D eigenvalue weighted by atomic mass is 35.5. The molecular weight excluding hydrogens is 462 g/mol. The molecule has 0 aliphatic carbocycles. The zero-order valence-electron chi connectivity index (χ0n) is 18.0. The Labute approximate surface area is 195 Å². The van der Waals surface area contributed by atoms with E-state index < -0.39 is 9.84 Å². The highest BCUT2D eigenvalue weighted by molar-refractivity contribution is 7.91. The number of nitrogens with zero attached hydrogens (tertiary/aromatic N) is 2. The minimum atomic E-state index is -3.38. The Kier molecular flexibility index (Phi) is 6.09. The van der Waals surface area contributed by atoms with E-state index in [-0.39, 0.29) is 28.2 Å². The van der Waals surface area contributed by atoms with Crippen molar-refractivity contribution in [3.8, 4) is 11.1 Å². The second-order valence-corrected chi connectivity index (χ2v) is 10.2. The molecule has 0 radical (unpaired) electrons. The van der Waals surface area contributed by atoms with Gasteiger partial charge in [0.15, 0.2) is 9.84 Å². The van der Waals surface area contributed by atoms with Crippen molar-refractivity contribution < 1.29 is 8.42 Å². The maximum atomic E-state index is 12.6. The summed E-state index contributed by atoms with van der Waals surface area (Å²) in [4.78, 5) is 24.1. The lowest BCUT2D eigenvalue weighted by atomic mass is 10.1. The summed E-state index contributed by atoms with van der Waals surface area (Å²) in [6.45, 7) is 3.46. The number of nitrogens with one attached hydrogen (secondary N) is 2.